The maximum Gasteiger partial charge on any atom is 0.216 e. The highest BCUT2D eigenvalue weighted by atomic mass is 35.5. The fourth-order valence-corrected chi connectivity index (χ4v) is 4.28. The van der Waals surface area contributed by atoms with Crippen LogP contribution in [0.15, 0.2) is 91.5 Å². The lowest BCUT2D eigenvalue weighted by Crippen LogP contribution is -2.14. The second-order valence-electron chi connectivity index (χ2n) is 7.16. The van der Waals surface area contributed by atoms with E-state index in [-0.39, 0.29) is 0 Å². The fourth-order valence-electron chi connectivity index (χ4n) is 3.85. The Hall–Kier alpha value is -3.41. The molecule has 0 aliphatic rings. The van der Waals surface area contributed by atoms with Crippen molar-refractivity contribution in [2.75, 3.05) is 5.32 Å². The lowest BCUT2D eigenvalue weighted by Gasteiger charge is -2.10. The summed E-state index contributed by atoms with van der Waals surface area (Å²) in [5.74, 6) is 0.818. The predicted octanol–water partition coefficient (Wildman–Crippen LogP) is 6.58. The largest absolute Gasteiger partial charge is 0.345 e. The van der Waals surface area contributed by atoms with Gasteiger partial charge in [-0.1, -0.05) is 72.4 Å². The number of thiocarbonyl (C=S) groups is 1. The van der Waals surface area contributed by atoms with E-state index in [9.17, 15) is 0 Å². The third kappa shape index (κ3) is 3.42. The summed E-state index contributed by atoms with van der Waals surface area (Å²) < 4.78 is 4.28. The SMILES string of the molecule is C=CCn1c2ccccc2n2c(C(=S)Nc3ccccc3)c(-c3ccc(Cl)cc3)nc12. The number of hydrogen-bond acceptors (Lipinski definition) is 2. The number of para-hydroxylation sites is 3. The first kappa shape index (κ1) is 19.5. The van der Waals surface area contributed by atoms with Crippen molar-refractivity contribution in [3.63, 3.8) is 0 Å². The molecule has 0 radical (unpaired) electrons. The molecular weight excluding hydrogens is 424 g/mol. The highest BCUT2D eigenvalue weighted by molar-refractivity contribution is 7.81. The number of benzene rings is 3. The number of hydrogen-bond donors (Lipinski definition) is 1. The number of nitrogens with one attached hydrogen (secondary N) is 1. The molecule has 0 saturated heterocycles. The van der Waals surface area contributed by atoms with E-state index in [0.29, 0.717) is 16.6 Å². The summed E-state index contributed by atoms with van der Waals surface area (Å²) >= 11 is 12.0. The molecule has 6 heteroatoms. The molecule has 0 aliphatic heterocycles. The van der Waals surface area contributed by atoms with E-state index in [1.54, 1.807) is 0 Å². The third-order valence-corrected chi connectivity index (χ3v) is 5.74. The summed E-state index contributed by atoms with van der Waals surface area (Å²) in [6, 6.07) is 25.8. The van der Waals surface area contributed by atoms with Gasteiger partial charge in [0, 0.05) is 22.8 Å². The molecule has 0 unspecified atom stereocenters. The number of fused-ring (bicyclic) bond motifs is 3. The molecule has 31 heavy (non-hydrogen) atoms. The first-order valence-corrected chi connectivity index (χ1v) is 10.7. The molecule has 0 fully saturated rings. The van der Waals surface area contributed by atoms with E-state index in [1.165, 1.54) is 0 Å². The zero-order valence-corrected chi connectivity index (χ0v) is 18.2. The number of nitrogens with zero attached hydrogens (tertiary/aromatic N) is 3. The van der Waals surface area contributed by atoms with Crippen LogP contribution in [0.2, 0.25) is 5.02 Å². The zero-order valence-electron chi connectivity index (χ0n) is 16.6. The monoisotopic (exact) mass is 442 g/mol. The summed E-state index contributed by atoms with van der Waals surface area (Å²) in [5.41, 5.74) is 5.66. The summed E-state index contributed by atoms with van der Waals surface area (Å²) in [4.78, 5) is 5.64. The number of allylic oxidation sites excluding steroid dienone is 1. The Balaban J connectivity index is 1.80. The highest BCUT2D eigenvalue weighted by Gasteiger charge is 2.23. The molecule has 4 nitrogen and oxygen atoms in total. The molecule has 0 amide bonds. The molecule has 0 spiro atoms. The average Bonchev–Trinajstić information content (AvgIpc) is 3.31. The van der Waals surface area contributed by atoms with E-state index < -0.39 is 0 Å². The van der Waals surface area contributed by atoms with Gasteiger partial charge < -0.3 is 9.88 Å². The highest BCUT2D eigenvalue weighted by Crippen LogP contribution is 2.31. The van der Waals surface area contributed by atoms with E-state index >= 15 is 0 Å². The Morgan fingerprint density at radius 1 is 0.968 bits per heavy atom. The van der Waals surface area contributed by atoms with Crippen LogP contribution in [0.1, 0.15) is 5.69 Å². The maximum absolute atomic E-state index is 6.13. The Bertz CT molecular complexity index is 1420. The first-order valence-electron chi connectivity index (χ1n) is 9.90. The van der Waals surface area contributed by atoms with Crippen LogP contribution in [-0.4, -0.2) is 18.9 Å². The van der Waals surface area contributed by atoms with Crippen molar-refractivity contribution in [2.24, 2.45) is 0 Å². The molecule has 2 heterocycles. The van der Waals surface area contributed by atoms with Crippen molar-refractivity contribution >= 4 is 51.3 Å². The van der Waals surface area contributed by atoms with Crippen molar-refractivity contribution in [3.8, 4) is 11.3 Å². The lowest BCUT2D eigenvalue weighted by atomic mass is 10.1. The minimum Gasteiger partial charge on any atom is -0.345 e. The molecule has 3 aromatic carbocycles. The molecule has 2 aromatic heterocycles. The molecular formula is C25H19ClN4S. The summed E-state index contributed by atoms with van der Waals surface area (Å²) in [6.45, 7) is 4.57. The van der Waals surface area contributed by atoms with Crippen molar-refractivity contribution in [1.82, 2.24) is 14.0 Å². The van der Waals surface area contributed by atoms with Crippen LogP contribution >= 0.6 is 23.8 Å². The van der Waals surface area contributed by atoms with Crippen molar-refractivity contribution in [3.05, 3.63) is 102 Å². The Morgan fingerprint density at radius 3 is 2.35 bits per heavy atom. The van der Waals surface area contributed by atoms with Gasteiger partial charge >= 0.3 is 0 Å². The van der Waals surface area contributed by atoms with Gasteiger partial charge in [-0.15, -0.1) is 6.58 Å². The summed E-state index contributed by atoms with van der Waals surface area (Å²) in [6.07, 6.45) is 1.88. The smallest absolute Gasteiger partial charge is 0.216 e. The van der Waals surface area contributed by atoms with E-state index in [2.05, 4.69) is 33.0 Å². The van der Waals surface area contributed by atoms with E-state index in [4.69, 9.17) is 28.8 Å². The fraction of sp³-hybridized carbons (Fsp3) is 0.0400. The average molecular weight is 443 g/mol. The second kappa shape index (κ2) is 8.02. The normalized spacial score (nSPS) is 11.1. The van der Waals surface area contributed by atoms with E-state index in [1.807, 2.05) is 72.8 Å². The van der Waals surface area contributed by atoms with Crippen molar-refractivity contribution in [2.45, 2.75) is 6.54 Å². The Kier molecular flexibility index (Phi) is 5.06. The molecule has 0 aliphatic carbocycles. The molecule has 0 saturated carbocycles. The lowest BCUT2D eigenvalue weighted by molar-refractivity contribution is 0.873. The predicted molar refractivity (Wildman–Crippen MR) is 133 cm³/mol. The van der Waals surface area contributed by atoms with Gasteiger partial charge in [-0.3, -0.25) is 4.40 Å². The number of anilines is 1. The van der Waals surface area contributed by atoms with Crippen LogP contribution in [0.4, 0.5) is 5.69 Å². The quantitative estimate of drug-likeness (QED) is 0.246. The second-order valence-corrected chi connectivity index (χ2v) is 8.00. The summed E-state index contributed by atoms with van der Waals surface area (Å²) in [7, 11) is 0. The number of imidazole rings is 2. The van der Waals surface area contributed by atoms with Gasteiger partial charge in [0.15, 0.2) is 0 Å². The van der Waals surface area contributed by atoms with E-state index in [0.717, 1.165) is 39.4 Å². The number of aromatic nitrogens is 3. The number of rotatable bonds is 5. The van der Waals surface area contributed by atoms with Gasteiger partial charge in [0.25, 0.3) is 0 Å². The Morgan fingerprint density at radius 2 is 1.65 bits per heavy atom. The van der Waals surface area contributed by atoms with Gasteiger partial charge in [0.05, 0.1) is 11.0 Å². The van der Waals surface area contributed by atoms with Crippen LogP contribution in [0.5, 0.6) is 0 Å². The molecule has 0 bridgehead atoms. The third-order valence-electron chi connectivity index (χ3n) is 5.19. The molecule has 0 atom stereocenters. The van der Waals surface area contributed by atoms with Crippen molar-refractivity contribution in [1.29, 1.82) is 0 Å². The Labute approximate surface area is 190 Å². The van der Waals surface area contributed by atoms with Crippen LogP contribution in [0.3, 0.4) is 0 Å². The zero-order chi connectivity index (χ0) is 21.4. The topological polar surface area (TPSA) is 34.3 Å². The van der Waals surface area contributed by atoms with Gasteiger partial charge in [0.2, 0.25) is 5.78 Å². The van der Waals surface area contributed by atoms with Gasteiger partial charge in [0.1, 0.15) is 16.4 Å². The van der Waals surface area contributed by atoms with Crippen molar-refractivity contribution < 1.29 is 0 Å². The molecule has 5 aromatic rings. The maximum atomic E-state index is 6.13. The first-order chi connectivity index (χ1) is 15.2. The van der Waals surface area contributed by atoms with Gasteiger partial charge in [-0.05, 0) is 36.4 Å². The van der Waals surface area contributed by atoms with Gasteiger partial charge in [-0.2, -0.15) is 0 Å². The molecule has 1 N–H and O–H groups in total. The molecule has 152 valence electrons. The standard InChI is InChI=1S/C25H19ClN4S/c1-2-16-29-20-10-6-7-11-21(20)30-23(24(31)27-19-8-4-3-5-9-19)22(28-25(29)30)17-12-14-18(26)15-13-17/h2-15H,1,16H2,(H,27,31). The van der Waals surface area contributed by atoms with Crippen LogP contribution in [0, 0.1) is 0 Å². The number of halogens is 1. The minimum absolute atomic E-state index is 0.602. The summed E-state index contributed by atoms with van der Waals surface area (Å²) in [5, 5.41) is 4.06. The van der Waals surface area contributed by atoms with Crippen LogP contribution in [0.25, 0.3) is 28.1 Å². The minimum atomic E-state index is 0.602. The van der Waals surface area contributed by atoms with Crippen LogP contribution in [-0.2, 0) is 6.54 Å². The molecule has 5 rings (SSSR count). The van der Waals surface area contributed by atoms with Crippen LogP contribution < -0.4 is 5.32 Å². The van der Waals surface area contributed by atoms with Gasteiger partial charge in [-0.25, -0.2) is 4.98 Å².